The van der Waals surface area contributed by atoms with Crippen LogP contribution in [0.2, 0.25) is 0 Å². The van der Waals surface area contributed by atoms with Gasteiger partial charge in [0.1, 0.15) is 0 Å². The zero-order chi connectivity index (χ0) is 10.4. The average Bonchev–Trinajstić information content (AvgIpc) is 2.17. The molecule has 0 heterocycles. The molecule has 0 unspecified atom stereocenters. The van der Waals surface area contributed by atoms with Gasteiger partial charge >= 0.3 is 95.9 Å². The molecule has 1 aromatic rings. The van der Waals surface area contributed by atoms with Gasteiger partial charge in [0.15, 0.2) is 0 Å². The van der Waals surface area contributed by atoms with Crippen LogP contribution >= 0.6 is 0 Å². The summed E-state index contributed by atoms with van der Waals surface area (Å²) in [5.41, 5.74) is 2.29. The van der Waals surface area contributed by atoms with Gasteiger partial charge in [0, 0.05) is 0 Å². The van der Waals surface area contributed by atoms with Gasteiger partial charge < -0.3 is 0 Å². The second-order valence-electron chi connectivity index (χ2n) is 2.84. The summed E-state index contributed by atoms with van der Waals surface area (Å²) >= 11 is 1.28. The van der Waals surface area contributed by atoms with E-state index in [9.17, 15) is 0 Å². The Balaban J connectivity index is 2.68. The molecule has 1 nitrogen and oxygen atoms in total. The normalized spacial score (nSPS) is 9.00. The first-order valence-electron chi connectivity index (χ1n) is 4.48. The third-order valence-electron chi connectivity index (χ3n) is 1.64. The first-order chi connectivity index (χ1) is 6.72. The molecule has 0 aromatic heterocycles. The zero-order valence-corrected chi connectivity index (χ0v) is 11.3. The van der Waals surface area contributed by atoms with E-state index < -0.39 is 0 Å². The molecule has 0 saturated carbocycles. The topological polar surface area (TPSA) is 9.23 Å². The van der Waals surface area contributed by atoms with Crippen molar-refractivity contribution in [3.8, 4) is 11.8 Å². The van der Waals surface area contributed by atoms with E-state index in [2.05, 4.69) is 30.9 Å². The van der Waals surface area contributed by atoms with E-state index in [0.29, 0.717) is 6.61 Å². The Kier molecular flexibility index (Phi) is 4.80. The van der Waals surface area contributed by atoms with E-state index in [1.807, 2.05) is 19.1 Å². The van der Waals surface area contributed by atoms with Gasteiger partial charge in [-0.2, -0.15) is 0 Å². The molecular formula is C12H12OW. The first-order valence-corrected chi connectivity index (χ1v) is 5.94. The number of ether oxygens (including phenoxy) is 1. The van der Waals surface area contributed by atoms with Crippen molar-refractivity contribution in [2.75, 3.05) is 6.61 Å². The van der Waals surface area contributed by atoms with Crippen molar-refractivity contribution in [3.63, 3.8) is 0 Å². The quantitative estimate of drug-likeness (QED) is 0.738. The summed E-state index contributed by atoms with van der Waals surface area (Å²) in [4.78, 5) is 0. The predicted octanol–water partition coefficient (Wildman–Crippen LogP) is 2.06. The second-order valence-corrected chi connectivity index (χ2v) is 4.17. The van der Waals surface area contributed by atoms with Gasteiger partial charge in [-0.3, -0.25) is 0 Å². The minimum absolute atomic E-state index is 0.696. The monoisotopic (exact) mass is 356 g/mol. The van der Waals surface area contributed by atoms with Gasteiger partial charge in [-0.15, -0.1) is 0 Å². The SMILES string of the molecule is CCO[C](=[W])C#Cc1ccc(C)cc1. The Hall–Kier alpha value is -0.702. The molecule has 0 fully saturated rings. The van der Waals surface area contributed by atoms with Crippen LogP contribution in [-0.2, 0) is 24.1 Å². The van der Waals surface area contributed by atoms with Crippen molar-refractivity contribution in [2.45, 2.75) is 13.8 Å². The van der Waals surface area contributed by atoms with Crippen LogP contribution in [0.5, 0.6) is 0 Å². The van der Waals surface area contributed by atoms with E-state index in [-0.39, 0.29) is 0 Å². The zero-order valence-electron chi connectivity index (χ0n) is 8.33. The van der Waals surface area contributed by atoms with Crippen LogP contribution in [0.25, 0.3) is 0 Å². The molecule has 72 valence electrons. The molecule has 0 aliphatic rings. The van der Waals surface area contributed by atoms with Crippen LogP contribution in [0.3, 0.4) is 0 Å². The van der Waals surface area contributed by atoms with Gasteiger partial charge in [-0.1, -0.05) is 0 Å². The van der Waals surface area contributed by atoms with Crippen LogP contribution in [0, 0.1) is 18.8 Å². The van der Waals surface area contributed by atoms with E-state index >= 15 is 0 Å². The molecule has 14 heavy (non-hydrogen) atoms. The fourth-order valence-corrected chi connectivity index (χ4v) is 1.53. The molecule has 0 amide bonds. The maximum absolute atomic E-state index is 5.27. The average molecular weight is 356 g/mol. The molecule has 0 N–H and O–H groups in total. The van der Waals surface area contributed by atoms with Crippen molar-refractivity contribution in [1.29, 1.82) is 0 Å². The molecule has 2 heteroatoms. The summed E-state index contributed by atoms with van der Waals surface area (Å²) in [6.07, 6.45) is 0. The van der Waals surface area contributed by atoms with Gasteiger partial charge in [-0.05, 0) is 0 Å². The number of hydrogen-bond donors (Lipinski definition) is 0. The summed E-state index contributed by atoms with van der Waals surface area (Å²) in [5.74, 6) is 6.07. The molecule has 1 rings (SSSR count). The fraction of sp³-hybridized carbons (Fsp3) is 0.250. The predicted molar refractivity (Wildman–Crippen MR) is 54.7 cm³/mol. The van der Waals surface area contributed by atoms with E-state index in [0.717, 1.165) is 9.65 Å². The molecule has 0 saturated heterocycles. The van der Waals surface area contributed by atoms with Gasteiger partial charge in [0.25, 0.3) is 0 Å². The molecule has 0 atom stereocenters. The molecular weight excluding hydrogens is 344 g/mol. The molecule has 0 radical (unpaired) electrons. The summed E-state index contributed by atoms with van der Waals surface area (Å²) < 4.78 is 6.12. The first kappa shape index (κ1) is 11.4. The Morgan fingerprint density at radius 1 is 1.36 bits per heavy atom. The van der Waals surface area contributed by atoms with Gasteiger partial charge in [0.2, 0.25) is 0 Å². The Bertz CT molecular complexity index is 368. The maximum atomic E-state index is 5.27. The van der Waals surface area contributed by atoms with Crippen LogP contribution < -0.4 is 0 Å². The number of benzene rings is 1. The van der Waals surface area contributed by atoms with E-state index in [4.69, 9.17) is 4.74 Å². The molecule has 0 aliphatic heterocycles. The minimum atomic E-state index is 0.696. The van der Waals surface area contributed by atoms with Crippen LogP contribution in [-0.4, -0.2) is 10.7 Å². The van der Waals surface area contributed by atoms with Crippen molar-refractivity contribution in [3.05, 3.63) is 35.4 Å². The molecule has 0 spiro atoms. The Morgan fingerprint density at radius 2 is 2.00 bits per heavy atom. The van der Waals surface area contributed by atoms with Crippen molar-refractivity contribution in [2.24, 2.45) is 0 Å². The number of rotatable bonds is 2. The van der Waals surface area contributed by atoms with Crippen molar-refractivity contribution < 1.29 is 24.1 Å². The standard InChI is InChI=1S/C12H12O.W/c1-3-13-10-4-5-12-8-6-11(2)7-9-12;/h6-9H,3H2,1-2H3;. The van der Waals surface area contributed by atoms with E-state index in [1.165, 1.54) is 24.9 Å². The molecule has 0 aliphatic carbocycles. The summed E-state index contributed by atoms with van der Waals surface area (Å²) in [5, 5.41) is 0. The molecule has 0 bridgehead atoms. The van der Waals surface area contributed by atoms with Crippen molar-refractivity contribution in [1.82, 2.24) is 0 Å². The third kappa shape index (κ3) is 4.00. The van der Waals surface area contributed by atoms with Gasteiger partial charge in [-0.25, -0.2) is 0 Å². The fourth-order valence-electron chi connectivity index (χ4n) is 0.927. The van der Waals surface area contributed by atoms with Crippen LogP contribution in [0.1, 0.15) is 18.1 Å². The number of aryl methyl sites for hydroxylation is 1. The van der Waals surface area contributed by atoms with Crippen LogP contribution in [0.15, 0.2) is 24.3 Å². The number of hydrogen-bond acceptors (Lipinski definition) is 1. The van der Waals surface area contributed by atoms with Crippen LogP contribution in [0.4, 0.5) is 0 Å². The second kappa shape index (κ2) is 5.91. The Labute approximate surface area is 95.9 Å². The van der Waals surface area contributed by atoms with Gasteiger partial charge in [0.05, 0.1) is 0 Å². The van der Waals surface area contributed by atoms with E-state index in [1.54, 1.807) is 0 Å². The summed E-state index contributed by atoms with van der Waals surface area (Å²) in [6.45, 7) is 4.73. The summed E-state index contributed by atoms with van der Waals surface area (Å²) in [7, 11) is 0. The third-order valence-corrected chi connectivity index (χ3v) is 2.43. The van der Waals surface area contributed by atoms with Crippen molar-refractivity contribution >= 4 is 4.08 Å². The summed E-state index contributed by atoms with van der Waals surface area (Å²) in [6, 6.07) is 8.17. The molecule has 1 aromatic carbocycles. The Morgan fingerprint density at radius 3 is 2.57 bits per heavy atom.